The Bertz CT molecular complexity index is 173. The van der Waals surface area contributed by atoms with Gasteiger partial charge in [-0.15, -0.1) is 0 Å². The van der Waals surface area contributed by atoms with Gasteiger partial charge in [0.25, 0.3) is 0 Å². The number of rotatable bonds is 3. The van der Waals surface area contributed by atoms with Gasteiger partial charge in [-0.1, -0.05) is 0 Å². The Morgan fingerprint density at radius 3 is 2.00 bits per heavy atom. The van der Waals surface area contributed by atoms with Crippen molar-refractivity contribution in [3.05, 3.63) is 0 Å². The highest BCUT2D eigenvalue weighted by atomic mass is 31.2. The maximum atomic E-state index is 10.8. The molecule has 1 unspecified atom stereocenters. The SMILES string of the molecule is CC(N)CC(C)(C)P(=O)(O)O. The molecule has 0 saturated carbocycles. The summed E-state index contributed by atoms with van der Waals surface area (Å²) in [5.74, 6) is 0. The molecule has 0 fully saturated rings. The van der Waals surface area contributed by atoms with Crippen LogP contribution in [0.5, 0.6) is 0 Å². The van der Waals surface area contributed by atoms with Crippen molar-refractivity contribution in [3.63, 3.8) is 0 Å². The minimum atomic E-state index is -4.00. The van der Waals surface area contributed by atoms with Gasteiger partial charge in [0.1, 0.15) is 0 Å². The quantitative estimate of drug-likeness (QED) is 0.559. The maximum absolute atomic E-state index is 10.8. The second-order valence-corrected chi connectivity index (χ2v) is 5.84. The molecule has 68 valence electrons. The fourth-order valence-corrected chi connectivity index (χ4v) is 1.43. The summed E-state index contributed by atoms with van der Waals surface area (Å²) >= 11 is 0. The van der Waals surface area contributed by atoms with Gasteiger partial charge in [0, 0.05) is 6.04 Å². The highest BCUT2D eigenvalue weighted by Crippen LogP contribution is 2.52. The van der Waals surface area contributed by atoms with Crippen molar-refractivity contribution in [2.45, 2.75) is 38.4 Å². The first-order chi connectivity index (χ1) is 4.67. The van der Waals surface area contributed by atoms with Crippen molar-refractivity contribution in [2.24, 2.45) is 5.73 Å². The van der Waals surface area contributed by atoms with Crippen LogP contribution in [0, 0.1) is 0 Å². The zero-order valence-corrected chi connectivity index (χ0v) is 8.01. The third kappa shape index (κ3) is 3.34. The van der Waals surface area contributed by atoms with Crippen molar-refractivity contribution >= 4 is 7.60 Å². The average molecular weight is 181 g/mol. The Kier molecular flexibility index (Phi) is 3.27. The lowest BCUT2D eigenvalue weighted by atomic mass is 10.1. The lowest BCUT2D eigenvalue weighted by Crippen LogP contribution is -2.29. The highest BCUT2D eigenvalue weighted by molar-refractivity contribution is 7.53. The monoisotopic (exact) mass is 181 g/mol. The van der Waals surface area contributed by atoms with E-state index >= 15 is 0 Å². The van der Waals surface area contributed by atoms with Crippen LogP contribution in [0.15, 0.2) is 0 Å². The molecule has 0 heterocycles. The molecule has 5 heteroatoms. The Labute approximate surface area is 67.0 Å². The van der Waals surface area contributed by atoms with Crippen LogP contribution in [-0.4, -0.2) is 21.0 Å². The summed E-state index contributed by atoms with van der Waals surface area (Å²) in [5.41, 5.74) is 5.43. The first-order valence-corrected chi connectivity index (χ1v) is 5.09. The van der Waals surface area contributed by atoms with E-state index in [0.717, 1.165) is 0 Å². The molecule has 11 heavy (non-hydrogen) atoms. The molecule has 0 amide bonds. The first kappa shape index (κ1) is 11.1. The van der Waals surface area contributed by atoms with Crippen LogP contribution in [0.3, 0.4) is 0 Å². The third-order valence-electron chi connectivity index (χ3n) is 1.61. The Morgan fingerprint density at radius 1 is 1.55 bits per heavy atom. The van der Waals surface area contributed by atoms with Crippen LogP contribution in [0.1, 0.15) is 27.2 Å². The molecular formula is C6H16NO3P. The van der Waals surface area contributed by atoms with Crippen molar-refractivity contribution in [1.29, 1.82) is 0 Å². The molecule has 0 bridgehead atoms. The van der Waals surface area contributed by atoms with Gasteiger partial charge in [-0.2, -0.15) is 0 Å². The van der Waals surface area contributed by atoms with E-state index in [9.17, 15) is 4.57 Å². The van der Waals surface area contributed by atoms with Crippen molar-refractivity contribution in [3.8, 4) is 0 Å². The standard InChI is InChI=1S/C6H16NO3P/c1-5(7)4-6(2,3)11(8,9)10/h5H,4,7H2,1-3H3,(H2,8,9,10). The van der Waals surface area contributed by atoms with Crippen LogP contribution in [0.4, 0.5) is 0 Å². The molecule has 4 nitrogen and oxygen atoms in total. The van der Waals surface area contributed by atoms with E-state index in [1.807, 2.05) is 0 Å². The lowest BCUT2D eigenvalue weighted by Gasteiger charge is -2.27. The second kappa shape index (κ2) is 3.23. The maximum Gasteiger partial charge on any atom is 0.331 e. The van der Waals surface area contributed by atoms with Gasteiger partial charge in [-0.3, -0.25) is 4.57 Å². The zero-order chi connectivity index (χ0) is 9.28. The smallest absolute Gasteiger partial charge is 0.328 e. The van der Waals surface area contributed by atoms with Crippen LogP contribution in [0.2, 0.25) is 0 Å². The molecule has 0 aliphatic carbocycles. The number of hydrogen-bond acceptors (Lipinski definition) is 2. The van der Waals surface area contributed by atoms with Gasteiger partial charge >= 0.3 is 7.60 Å². The average Bonchev–Trinajstić information content (AvgIpc) is 1.56. The zero-order valence-electron chi connectivity index (χ0n) is 7.11. The molecule has 0 aromatic rings. The molecule has 0 saturated heterocycles. The fourth-order valence-electron chi connectivity index (χ4n) is 0.907. The van der Waals surface area contributed by atoms with E-state index in [2.05, 4.69) is 0 Å². The van der Waals surface area contributed by atoms with Crippen LogP contribution >= 0.6 is 7.60 Å². The summed E-state index contributed by atoms with van der Waals surface area (Å²) in [6.45, 7) is 4.78. The molecule has 4 N–H and O–H groups in total. The first-order valence-electron chi connectivity index (χ1n) is 3.48. The Balaban J connectivity index is 4.35. The molecule has 1 atom stereocenters. The second-order valence-electron chi connectivity index (χ2n) is 3.54. The van der Waals surface area contributed by atoms with E-state index in [1.54, 1.807) is 6.92 Å². The van der Waals surface area contributed by atoms with Gasteiger partial charge in [0.15, 0.2) is 0 Å². The summed E-state index contributed by atoms with van der Waals surface area (Å²) in [6, 6.07) is -0.183. The van der Waals surface area contributed by atoms with Gasteiger partial charge in [-0.05, 0) is 27.2 Å². The summed E-state index contributed by atoms with van der Waals surface area (Å²) in [5, 5.41) is -0.999. The van der Waals surface area contributed by atoms with Crippen LogP contribution < -0.4 is 5.73 Å². The van der Waals surface area contributed by atoms with E-state index in [0.29, 0.717) is 6.42 Å². The Hall–Kier alpha value is 0.110. The minimum absolute atomic E-state index is 0.183. The lowest BCUT2D eigenvalue weighted by molar-refractivity contribution is 0.325. The number of hydrogen-bond donors (Lipinski definition) is 3. The predicted molar refractivity (Wildman–Crippen MR) is 44.4 cm³/mol. The van der Waals surface area contributed by atoms with Crippen LogP contribution in [-0.2, 0) is 4.57 Å². The fraction of sp³-hybridized carbons (Fsp3) is 1.00. The van der Waals surface area contributed by atoms with Gasteiger partial charge < -0.3 is 15.5 Å². The van der Waals surface area contributed by atoms with Gasteiger partial charge in [0.05, 0.1) is 5.16 Å². The largest absolute Gasteiger partial charge is 0.331 e. The summed E-state index contributed by atoms with van der Waals surface area (Å²) in [6.07, 6.45) is 0.331. The molecule has 0 aromatic heterocycles. The predicted octanol–water partition coefficient (Wildman–Crippen LogP) is 0.680. The van der Waals surface area contributed by atoms with E-state index in [1.165, 1.54) is 13.8 Å². The molecular weight excluding hydrogens is 165 g/mol. The van der Waals surface area contributed by atoms with E-state index < -0.39 is 12.8 Å². The van der Waals surface area contributed by atoms with E-state index in [-0.39, 0.29) is 6.04 Å². The third-order valence-corrected chi connectivity index (χ3v) is 3.37. The van der Waals surface area contributed by atoms with Gasteiger partial charge in [-0.25, -0.2) is 0 Å². The van der Waals surface area contributed by atoms with E-state index in [4.69, 9.17) is 15.5 Å². The highest BCUT2D eigenvalue weighted by Gasteiger charge is 2.37. The molecule has 0 rings (SSSR count). The number of nitrogens with two attached hydrogens (primary N) is 1. The minimum Gasteiger partial charge on any atom is -0.328 e. The van der Waals surface area contributed by atoms with Crippen molar-refractivity contribution < 1.29 is 14.4 Å². The topological polar surface area (TPSA) is 83.6 Å². The molecule has 0 spiro atoms. The normalized spacial score (nSPS) is 16.5. The summed E-state index contributed by atoms with van der Waals surface area (Å²) in [7, 11) is -4.00. The van der Waals surface area contributed by atoms with Crippen LogP contribution in [0.25, 0.3) is 0 Å². The molecule has 0 aliphatic rings. The molecule has 0 radical (unpaired) electrons. The Morgan fingerprint density at radius 2 is 1.91 bits per heavy atom. The van der Waals surface area contributed by atoms with Crippen molar-refractivity contribution in [1.82, 2.24) is 0 Å². The van der Waals surface area contributed by atoms with Crippen molar-refractivity contribution in [2.75, 3.05) is 0 Å². The molecule has 0 aromatic carbocycles. The summed E-state index contributed by atoms with van der Waals surface area (Å²) in [4.78, 5) is 17.7. The molecule has 0 aliphatic heterocycles. The summed E-state index contributed by atoms with van der Waals surface area (Å²) < 4.78 is 10.8. The van der Waals surface area contributed by atoms with Gasteiger partial charge in [0.2, 0.25) is 0 Å².